The summed E-state index contributed by atoms with van der Waals surface area (Å²) in [5.74, 6) is -0.894. The molecule has 0 aliphatic carbocycles. The van der Waals surface area contributed by atoms with Crippen molar-refractivity contribution < 1.29 is 19.1 Å². The second kappa shape index (κ2) is 11.6. The van der Waals surface area contributed by atoms with Crippen molar-refractivity contribution >= 4 is 41.2 Å². The summed E-state index contributed by atoms with van der Waals surface area (Å²) >= 11 is 6.30. The highest BCUT2D eigenvalue weighted by Crippen LogP contribution is 2.27. The number of nitrogens with one attached hydrogen (secondary N) is 1. The zero-order valence-corrected chi connectivity index (χ0v) is 22.9. The van der Waals surface area contributed by atoms with Crippen molar-refractivity contribution in [3.8, 4) is 5.75 Å². The molecule has 7 heteroatoms. The predicted molar refractivity (Wildman–Crippen MR) is 156 cm³/mol. The molecule has 0 spiro atoms. The van der Waals surface area contributed by atoms with Crippen molar-refractivity contribution in [3.05, 3.63) is 135 Å². The average Bonchev–Trinajstić information content (AvgIpc) is 2.92. The fourth-order valence-corrected chi connectivity index (χ4v) is 4.91. The largest absolute Gasteiger partial charge is 0.489 e. The van der Waals surface area contributed by atoms with Crippen LogP contribution in [-0.2, 0) is 22.6 Å². The summed E-state index contributed by atoms with van der Waals surface area (Å²) in [7, 11) is 0. The molecule has 0 bridgehead atoms. The summed E-state index contributed by atoms with van der Waals surface area (Å²) in [6, 6.07) is 27.2. The Hall–Kier alpha value is -4.68. The van der Waals surface area contributed by atoms with Gasteiger partial charge in [-0.15, -0.1) is 0 Å². The number of carbonyl (C=O) groups excluding carboxylic acids is 3. The SMILES string of the molecule is Cc1cc(C)cc(Cc2ccc(Cl)cc2/C=C2\C(=O)NC(=O)N(c3ccc(OCc4ccccc4)cc3)C2=O)c1. The highest BCUT2D eigenvalue weighted by atomic mass is 35.5. The molecule has 1 fully saturated rings. The third-order valence-corrected chi connectivity index (χ3v) is 6.76. The van der Waals surface area contributed by atoms with Gasteiger partial charge < -0.3 is 4.74 Å². The zero-order valence-electron chi connectivity index (χ0n) is 22.1. The number of carbonyl (C=O) groups is 3. The van der Waals surface area contributed by atoms with Gasteiger partial charge >= 0.3 is 6.03 Å². The van der Waals surface area contributed by atoms with E-state index in [0.717, 1.165) is 32.7 Å². The Morgan fingerprint density at radius 1 is 0.825 bits per heavy atom. The van der Waals surface area contributed by atoms with Crippen LogP contribution in [0.3, 0.4) is 0 Å². The molecule has 1 aliphatic rings. The fourth-order valence-electron chi connectivity index (χ4n) is 4.73. The molecule has 200 valence electrons. The van der Waals surface area contributed by atoms with E-state index in [9.17, 15) is 14.4 Å². The number of urea groups is 1. The Morgan fingerprint density at radius 2 is 1.52 bits per heavy atom. The van der Waals surface area contributed by atoms with Gasteiger partial charge in [-0.1, -0.05) is 77.3 Å². The minimum absolute atomic E-state index is 0.159. The van der Waals surface area contributed by atoms with Crippen LogP contribution in [0.5, 0.6) is 5.75 Å². The van der Waals surface area contributed by atoms with Crippen LogP contribution < -0.4 is 15.0 Å². The molecule has 4 aromatic rings. The molecule has 1 aliphatic heterocycles. The van der Waals surface area contributed by atoms with Crippen molar-refractivity contribution in [3.63, 3.8) is 0 Å². The van der Waals surface area contributed by atoms with E-state index >= 15 is 0 Å². The number of anilines is 1. The average molecular weight is 551 g/mol. The summed E-state index contributed by atoms with van der Waals surface area (Å²) in [4.78, 5) is 40.0. The summed E-state index contributed by atoms with van der Waals surface area (Å²) in [5, 5.41) is 2.75. The normalized spacial score (nSPS) is 14.4. The summed E-state index contributed by atoms with van der Waals surface area (Å²) in [5.41, 5.74) is 6.10. The third kappa shape index (κ3) is 6.14. The van der Waals surface area contributed by atoms with Gasteiger partial charge in [-0.3, -0.25) is 14.9 Å². The molecule has 4 amide bonds. The van der Waals surface area contributed by atoms with Crippen LogP contribution in [0.1, 0.15) is 33.4 Å². The van der Waals surface area contributed by atoms with E-state index in [-0.39, 0.29) is 5.57 Å². The molecule has 40 heavy (non-hydrogen) atoms. The standard InChI is InChI=1S/C33H27ClN2O4/c1-21-14-22(2)16-24(15-21)17-25-8-9-27(34)18-26(25)19-30-31(37)35-33(39)36(32(30)38)28-10-12-29(13-11-28)40-20-23-6-4-3-5-7-23/h3-16,18-19H,17,20H2,1-2H3,(H,35,37,39)/b30-19+. The molecule has 0 unspecified atom stereocenters. The number of ether oxygens (including phenoxy) is 1. The fraction of sp³-hybridized carbons (Fsp3) is 0.121. The number of hydrogen-bond acceptors (Lipinski definition) is 4. The first-order valence-corrected chi connectivity index (χ1v) is 13.2. The van der Waals surface area contributed by atoms with Gasteiger partial charge in [0.05, 0.1) is 5.69 Å². The van der Waals surface area contributed by atoms with E-state index in [1.165, 1.54) is 6.08 Å². The summed E-state index contributed by atoms with van der Waals surface area (Å²) in [6.07, 6.45) is 2.08. The van der Waals surface area contributed by atoms with Crippen LogP contribution in [0.4, 0.5) is 10.5 Å². The lowest BCUT2D eigenvalue weighted by molar-refractivity contribution is -0.122. The monoisotopic (exact) mass is 550 g/mol. The van der Waals surface area contributed by atoms with Gasteiger partial charge in [0.15, 0.2) is 0 Å². The van der Waals surface area contributed by atoms with Gasteiger partial charge in [0.1, 0.15) is 17.9 Å². The maximum Gasteiger partial charge on any atom is 0.335 e. The molecule has 0 saturated carbocycles. The number of benzene rings is 4. The highest BCUT2D eigenvalue weighted by molar-refractivity contribution is 6.39. The molecule has 6 nitrogen and oxygen atoms in total. The van der Waals surface area contributed by atoms with E-state index in [4.69, 9.17) is 16.3 Å². The Kier molecular flexibility index (Phi) is 7.80. The van der Waals surface area contributed by atoms with Crippen LogP contribution >= 0.6 is 11.6 Å². The first-order valence-electron chi connectivity index (χ1n) is 12.8. The Morgan fingerprint density at radius 3 is 2.23 bits per heavy atom. The number of imide groups is 2. The quantitative estimate of drug-likeness (QED) is 0.203. The van der Waals surface area contributed by atoms with Crippen molar-refractivity contribution in [2.75, 3.05) is 4.90 Å². The lowest BCUT2D eigenvalue weighted by Gasteiger charge is -2.26. The highest BCUT2D eigenvalue weighted by Gasteiger charge is 2.37. The van der Waals surface area contributed by atoms with Crippen LogP contribution in [0, 0.1) is 13.8 Å². The van der Waals surface area contributed by atoms with E-state index in [0.29, 0.717) is 35.1 Å². The van der Waals surface area contributed by atoms with Gasteiger partial charge in [-0.2, -0.15) is 0 Å². The minimum Gasteiger partial charge on any atom is -0.489 e. The number of barbiturate groups is 1. The van der Waals surface area contributed by atoms with Gasteiger partial charge in [0.25, 0.3) is 11.8 Å². The molecule has 0 radical (unpaired) electrons. The molecular weight excluding hydrogens is 524 g/mol. The maximum atomic E-state index is 13.5. The van der Waals surface area contributed by atoms with Crippen molar-refractivity contribution in [1.29, 1.82) is 0 Å². The second-order valence-corrected chi connectivity index (χ2v) is 10.2. The lowest BCUT2D eigenvalue weighted by atomic mass is 9.95. The first-order chi connectivity index (χ1) is 19.3. The van der Waals surface area contributed by atoms with Crippen LogP contribution in [0.25, 0.3) is 6.08 Å². The zero-order chi connectivity index (χ0) is 28.2. The van der Waals surface area contributed by atoms with Crippen LogP contribution in [0.2, 0.25) is 5.02 Å². The Balaban J connectivity index is 1.41. The number of nitrogens with zero attached hydrogens (tertiary/aromatic N) is 1. The molecule has 1 heterocycles. The number of halogens is 1. The van der Waals surface area contributed by atoms with Crippen LogP contribution in [-0.4, -0.2) is 17.8 Å². The molecule has 0 aromatic heterocycles. The number of rotatable bonds is 7. The molecule has 4 aromatic carbocycles. The van der Waals surface area contributed by atoms with E-state index in [1.54, 1.807) is 36.4 Å². The molecular formula is C33H27ClN2O4. The Bertz CT molecular complexity index is 1610. The second-order valence-electron chi connectivity index (χ2n) is 9.74. The molecule has 0 atom stereocenters. The van der Waals surface area contributed by atoms with Gasteiger partial charge in [-0.05, 0) is 85.0 Å². The number of amides is 4. The smallest absolute Gasteiger partial charge is 0.335 e. The van der Waals surface area contributed by atoms with Gasteiger partial charge in [0, 0.05) is 5.02 Å². The van der Waals surface area contributed by atoms with Crippen molar-refractivity contribution in [2.24, 2.45) is 0 Å². The Labute approximate surface area is 237 Å². The third-order valence-electron chi connectivity index (χ3n) is 6.53. The first kappa shape index (κ1) is 26.9. The maximum absolute atomic E-state index is 13.5. The molecule has 1 N–H and O–H groups in total. The summed E-state index contributed by atoms with van der Waals surface area (Å²) < 4.78 is 5.81. The molecule has 1 saturated heterocycles. The number of hydrogen-bond donors (Lipinski definition) is 1. The number of aryl methyl sites for hydroxylation is 2. The van der Waals surface area contributed by atoms with Crippen molar-refractivity contribution in [1.82, 2.24) is 5.32 Å². The van der Waals surface area contributed by atoms with E-state index in [1.807, 2.05) is 50.2 Å². The van der Waals surface area contributed by atoms with E-state index in [2.05, 4.69) is 23.5 Å². The minimum atomic E-state index is -0.813. The van der Waals surface area contributed by atoms with Gasteiger partial charge in [0.2, 0.25) is 0 Å². The lowest BCUT2D eigenvalue weighted by Crippen LogP contribution is -2.54. The summed E-state index contributed by atoms with van der Waals surface area (Å²) in [6.45, 7) is 4.47. The van der Waals surface area contributed by atoms with E-state index < -0.39 is 17.8 Å². The molecule has 5 rings (SSSR count). The van der Waals surface area contributed by atoms with Crippen molar-refractivity contribution in [2.45, 2.75) is 26.9 Å². The van der Waals surface area contributed by atoms with Gasteiger partial charge in [-0.25, -0.2) is 9.69 Å². The predicted octanol–water partition coefficient (Wildman–Crippen LogP) is 6.79. The van der Waals surface area contributed by atoms with Crippen LogP contribution in [0.15, 0.2) is 96.6 Å². The topological polar surface area (TPSA) is 75.7 Å².